The van der Waals surface area contributed by atoms with Crippen LogP contribution >= 0.6 is 0 Å². The van der Waals surface area contributed by atoms with Gasteiger partial charge in [-0.25, -0.2) is 0 Å². The average molecular weight is 184 g/mol. The topological polar surface area (TPSA) is 9.23 Å². The Hall–Kier alpha value is -0.460. The summed E-state index contributed by atoms with van der Waals surface area (Å²) in [6.45, 7) is 7.16. The summed E-state index contributed by atoms with van der Waals surface area (Å²) in [5, 5.41) is 0. The van der Waals surface area contributed by atoms with Crippen molar-refractivity contribution < 1.29 is 4.74 Å². The van der Waals surface area contributed by atoms with Gasteiger partial charge in [-0.1, -0.05) is 45.1 Å². The van der Waals surface area contributed by atoms with Crippen molar-refractivity contribution in [2.75, 3.05) is 6.61 Å². The average Bonchev–Trinajstić information content (AvgIpc) is 2.16. The summed E-state index contributed by atoms with van der Waals surface area (Å²) in [4.78, 5) is 0. The van der Waals surface area contributed by atoms with E-state index in [2.05, 4.69) is 6.92 Å². The molecule has 0 aliphatic carbocycles. The van der Waals surface area contributed by atoms with Crippen LogP contribution in [0.15, 0.2) is 11.8 Å². The molecule has 0 aliphatic heterocycles. The highest BCUT2D eigenvalue weighted by Crippen LogP contribution is 2.06. The van der Waals surface area contributed by atoms with Crippen LogP contribution in [0.4, 0.5) is 0 Å². The molecule has 0 N–H and O–H groups in total. The molecule has 0 saturated carbocycles. The molecule has 0 bridgehead atoms. The van der Waals surface area contributed by atoms with Gasteiger partial charge in [-0.2, -0.15) is 0 Å². The van der Waals surface area contributed by atoms with Gasteiger partial charge in [-0.3, -0.25) is 0 Å². The van der Waals surface area contributed by atoms with Crippen LogP contribution in [-0.4, -0.2) is 6.61 Å². The molecule has 0 rings (SSSR count). The molecule has 0 aromatic carbocycles. The van der Waals surface area contributed by atoms with Crippen molar-refractivity contribution in [2.24, 2.45) is 0 Å². The zero-order chi connectivity index (χ0) is 9.94. The molecule has 78 valence electrons. The van der Waals surface area contributed by atoms with Crippen molar-refractivity contribution in [3.63, 3.8) is 0 Å². The Morgan fingerprint density at radius 1 is 1.08 bits per heavy atom. The van der Waals surface area contributed by atoms with E-state index in [-0.39, 0.29) is 0 Å². The Kier molecular flexibility index (Phi) is 9.29. The maximum Gasteiger partial charge on any atom is 0.0886 e. The maximum absolute atomic E-state index is 5.46. The quantitative estimate of drug-likeness (QED) is 0.404. The third-order valence-corrected chi connectivity index (χ3v) is 2.23. The summed E-state index contributed by atoms with van der Waals surface area (Å²) in [6, 6.07) is 0. The molecule has 0 atom stereocenters. The standard InChI is InChI=1S/C12H24O/c1-4-6-7-8-9-10-11-13-12(3)5-2/h5H,4,6-11H2,1-3H3. The summed E-state index contributed by atoms with van der Waals surface area (Å²) in [5.74, 6) is 1.05. The molecule has 0 fully saturated rings. The largest absolute Gasteiger partial charge is 0.499 e. The monoisotopic (exact) mass is 184 g/mol. The van der Waals surface area contributed by atoms with Crippen LogP contribution in [0.5, 0.6) is 0 Å². The smallest absolute Gasteiger partial charge is 0.0886 e. The van der Waals surface area contributed by atoms with Gasteiger partial charge in [0, 0.05) is 0 Å². The second-order valence-electron chi connectivity index (χ2n) is 3.52. The summed E-state index contributed by atoms with van der Waals surface area (Å²) >= 11 is 0. The normalized spacial score (nSPS) is 11.8. The van der Waals surface area contributed by atoms with Gasteiger partial charge in [-0.05, 0) is 20.3 Å². The predicted octanol–water partition coefficient (Wildman–Crippen LogP) is 4.29. The van der Waals surface area contributed by atoms with E-state index < -0.39 is 0 Å². The number of hydrogen-bond acceptors (Lipinski definition) is 1. The highest BCUT2D eigenvalue weighted by molar-refractivity contribution is 4.83. The number of unbranched alkanes of at least 4 members (excludes halogenated alkanes) is 5. The fraction of sp³-hybridized carbons (Fsp3) is 0.833. The van der Waals surface area contributed by atoms with Crippen LogP contribution in [-0.2, 0) is 4.74 Å². The summed E-state index contributed by atoms with van der Waals surface area (Å²) < 4.78 is 5.46. The van der Waals surface area contributed by atoms with E-state index in [1.165, 1.54) is 38.5 Å². The number of hydrogen-bond donors (Lipinski definition) is 0. The molecule has 0 amide bonds. The predicted molar refractivity (Wildman–Crippen MR) is 58.8 cm³/mol. The Bertz CT molecular complexity index is 127. The molecule has 0 aromatic rings. The third kappa shape index (κ3) is 9.45. The first kappa shape index (κ1) is 12.5. The maximum atomic E-state index is 5.46. The molecule has 0 aromatic heterocycles. The van der Waals surface area contributed by atoms with Crippen LogP contribution in [0, 0.1) is 0 Å². The van der Waals surface area contributed by atoms with Crippen molar-refractivity contribution >= 4 is 0 Å². The van der Waals surface area contributed by atoms with Gasteiger partial charge in [0.25, 0.3) is 0 Å². The highest BCUT2D eigenvalue weighted by atomic mass is 16.5. The van der Waals surface area contributed by atoms with Gasteiger partial charge in [-0.15, -0.1) is 0 Å². The van der Waals surface area contributed by atoms with E-state index in [0.717, 1.165) is 12.4 Å². The summed E-state index contributed by atoms with van der Waals surface area (Å²) in [7, 11) is 0. The van der Waals surface area contributed by atoms with Gasteiger partial charge in [0.05, 0.1) is 12.4 Å². The van der Waals surface area contributed by atoms with Crippen LogP contribution in [0.1, 0.15) is 59.3 Å². The Labute approximate surface area is 83.2 Å². The highest BCUT2D eigenvalue weighted by Gasteiger charge is 1.91. The fourth-order valence-corrected chi connectivity index (χ4v) is 1.20. The number of ether oxygens (including phenoxy) is 1. The molecule has 0 heterocycles. The number of allylic oxidation sites excluding steroid dienone is 2. The van der Waals surface area contributed by atoms with Gasteiger partial charge < -0.3 is 4.74 Å². The molecular formula is C12H24O. The lowest BCUT2D eigenvalue weighted by Crippen LogP contribution is -1.92. The summed E-state index contributed by atoms with van der Waals surface area (Å²) in [5.41, 5.74) is 0. The fourth-order valence-electron chi connectivity index (χ4n) is 1.20. The van der Waals surface area contributed by atoms with Gasteiger partial charge in [0.15, 0.2) is 0 Å². The van der Waals surface area contributed by atoms with E-state index in [1.54, 1.807) is 0 Å². The van der Waals surface area contributed by atoms with E-state index in [9.17, 15) is 0 Å². The summed E-state index contributed by atoms with van der Waals surface area (Å²) in [6.07, 6.45) is 10.00. The minimum Gasteiger partial charge on any atom is -0.499 e. The first-order valence-corrected chi connectivity index (χ1v) is 5.57. The number of rotatable bonds is 8. The van der Waals surface area contributed by atoms with E-state index in [1.807, 2.05) is 19.9 Å². The minimum atomic E-state index is 0.891. The molecule has 1 nitrogen and oxygen atoms in total. The van der Waals surface area contributed by atoms with Gasteiger partial charge in [0.2, 0.25) is 0 Å². The lowest BCUT2D eigenvalue weighted by atomic mass is 10.1. The second-order valence-corrected chi connectivity index (χ2v) is 3.52. The second kappa shape index (κ2) is 9.63. The van der Waals surface area contributed by atoms with E-state index in [0.29, 0.717) is 0 Å². The molecule has 1 heteroatoms. The van der Waals surface area contributed by atoms with E-state index in [4.69, 9.17) is 4.74 Å². The van der Waals surface area contributed by atoms with E-state index >= 15 is 0 Å². The first-order valence-electron chi connectivity index (χ1n) is 5.57. The molecule has 13 heavy (non-hydrogen) atoms. The molecule has 0 unspecified atom stereocenters. The lowest BCUT2D eigenvalue weighted by molar-refractivity contribution is 0.206. The van der Waals surface area contributed by atoms with Crippen LogP contribution in [0.25, 0.3) is 0 Å². The van der Waals surface area contributed by atoms with Crippen molar-refractivity contribution in [1.82, 2.24) is 0 Å². The molecule has 0 aliphatic rings. The van der Waals surface area contributed by atoms with Crippen LogP contribution in [0.2, 0.25) is 0 Å². The zero-order valence-electron chi connectivity index (χ0n) is 9.44. The minimum absolute atomic E-state index is 0.891. The lowest BCUT2D eigenvalue weighted by Gasteiger charge is -2.05. The van der Waals surface area contributed by atoms with Crippen molar-refractivity contribution in [3.05, 3.63) is 11.8 Å². The van der Waals surface area contributed by atoms with Gasteiger partial charge >= 0.3 is 0 Å². The SMILES string of the molecule is CC=C(C)OCCCCCCCC. The first-order chi connectivity index (χ1) is 6.31. The molecule has 0 spiro atoms. The van der Waals surface area contributed by atoms with Crippen LogP contribution < -0.4 is 0 Å². The Morgan fingerprint density at radius 3 is 2.31 bits per heavy atom. The molecule has 0 saturated heterocycles. The molecule has 0 radical (unpaired) electrons. The van der Waals surface area contributed by atoms with Crippen molar-refractivity contribution in [2.45, 2.75) is 59.3 Å². The third-order valence-electron chi connectivity index (χ3n) is 2.23. The van der Waals surface area contributed by atoms with Crippen molar-refractivity contribution in [1.29, 1.82) is 0 Å². The zero-order valence-corrected chi connectivity index (χ0v) is 9.44. The Balaban J connectivity index is 3.00. The van der Waals surface area contributed by atoms with Crippen LogP contribution in [0.3, 0.4) is 0 Å². The van der Waals surface area contributed by atoms with Crippen molar-refractivity contribution in [3.8, 4) is 0 Å². The molecular weight excluding hydrogens is 160 g/mol. The Morgan fingerprint density at radius 2 is 1.69 bits per heavy atom. The van der Waals surface area contributed by atoms with Gasteiger partial charge in [0.1, 0.15) is 0 Å².